The number of aromatic amines is 1. The first kappa shape index (κ1) is 13.7. The van der Waals surface area contributed by atoms with Crippen molar-refractivity contribution in [2.75, 3.05) is 6.54 Å². The summed E-state index contributed by atoms with van der Waals surface area (Å²) in [5, 5.41) is 4.14. The van der Waals surface area contributed by atoms with Gasteiger partial charge in [-0.1, -0.05) is 32.0 Å². The third kappa shape index (κ3) is 3.37. The van der Waals surface area contributed by atoms with Crippen LogP contribution in [0.25, 0.3) is 10.9 Å². The number of aromatic nitrogens is 1. The van der Waals surface area contributed by atoms with E-state index in [0.29, 0.717) is 12.3 Å². The number of para-hydroxylation sites is 1. The van der Waals surface area contributed by atoms with Crippen molar-refractivity contribution in [2.45, 2.75) is 33.6 Å². The Morgan fingerprint density at radius 3 is 2.79 bits per heavy atom. The number of aryl methyl sites for hydroxylation is 1. The van der Waals surface area contributed by atoms with E-state index in [4.69, 9.17) is 0 Å². The van der Waals surface area contributed by atoms with Crippen molar-refractivity contribution in [3.05, 3.63) is 35.5 Å². The number of hydrogen-bond donors (Lipinski definition) is 2. The second kappa shape index (κ2) is 5.91. The molecule has 0 aliphatic carbocycles. The number of amides is 1. The molecule has 0 saturated carbocycles. The Balaban J connectivity index is 2.04. The smallest absolute Gasteiger partial charge is 0.224 e. The van der Waals surface area contributed by atoms with Gasteiger partial charge in [-0.15, -0.1) is 0 Å². The Labute approximate surface area is 114 Å². The fourth-order valence-corrected chi connectivity index (χ4v) is 2.29. The van der Waals surface area contributed by atoms with Crippen molar-refractivity contribution in [3.63, 3.8) is 0 Å². The monoisotopic (exact) mass is 258 g/mol. The lowest BCUT2D eigenvalue weighted by Gasteiger charge is -2.07. The van der Waals surface area contributed by atoms with Gasteiger partial charge < -0.3 is 10.3 Å². The highest BCUT2D eigenvalue weighted by molar-refractivity contribution is 5.90. The summed E-state index contributed by atoms with van der Waals surface area (Å²) in [6.07, 6.45) is 1.48. The molecule has 1 amide bonds. The topological polar surface area (TPSA) is 44.9 Å². The minimum Gasteiger partial charge on any atom is -0.358 e. The van der Waals surface area contributed by atoms with Gasteiger partial charge >= 0.3 is 0 Å². The van der Waals surface area contributed by atoms with Gasteiger partial charge in [-0.3, -0.25) is 4.79 Å². The lowest BCUT2D eigenvalue weighted by atomic mass is 10.1. The van der Waals surface area contributed by atoms with Crippen LogP contribution >= 0.6 is 0 Å². The molecular formula is C16H22N2O. The van der Waals surface area contributed by atoms with Crippen LogP contribution in [-0.4, -0.2) is 17.4 Å². The van der Waals surface area contributed by atoms with E-state index >= 15 is 0 Å². The Hall–Kier alpha value is -1.77. The zero-order valence-electron chi connectivity index (χ0n) is 11.9. The molecule has 1 heterocycles. The molecule has 0 aliphatic heterocycles. The molecular weight excluding hydrogens is 236 g/mol. The molecule has 2 rings (SSSR count). The molecule has 0 spiro atoms. The van der Waals surface area contributed by atoms with Gasteiger partial charge in [0.25, 0.3) is 0 Å². The van der Waals surface area contributed by atoms with Crippen LogP contribution < -0.4 is 5.32 Å². The Kier molecular flexibility index (Phi) is 4.25. The van der Waals surface area contributed by atoms with Gasteiger partial charge in [-0.2, -0.15) is 0 Å². The van der Waals surface area contributed by atoms with Crippen LogP contribution in [0.2, 0.25) is 0 Å². The van der Waals surface area contributed by atoms with Gasteiger partial charge in [0.1, 0.15) is 0 Å². The summed E-state index contributed by atoms with van der Waals surface area (Å²) in [5.41, 5.74) is 3.29. The maximum absolute atomic E-state index is 12.0. The average molecular weight is 258 g/mol. The predicted molar refractivity (Wildman–Crippen MR) is 79.2 cm³/mol. The van der Waals surface area contributed by atoms with E-state index in [1.165, 1.54) is 0 Å². The Bertz CT molecular complexity index is 569. The molecule has 0 unspecified atom stereocenters. The lowest BCUT2D eigenvalue weighted by molar-refractivity contribution is -0.120. The number of carbonyl (C=O) groups is 1. The number of nitrogens with one attached hydrogen (secondary N) is 2. The first-order valence-corrected chi connectivity index (χ1v) is 6.91. The second-order valence-electron chi connectivity index (χ2n) is 5.48. The number of benzene rings is 1. The largest absolute Gasteiger partial charge is 0.358 e. The fraction of sp³-hybridized carbons (Fsp3) is 0.438. The van der Waals surface area contributed by atoms with Crippen LogP contribution in [0.15, 0.2) is 24.3 Å². The molecule has 2 N–H and O–H groups in total. The van der Waals surface area contributed by atoms with Crippen LogP contribution in [0, 0.1) is 12.8 Å². The van der Waals surface area contributed by atoms with Gasteiger partial charge in [0.05, 0.1) is 6.42 Å². The zero-order chi connectivity index (χ0) is 13.8. The van der Waals surface area contributed by atoms with E-state index in [1.54, 1.807) is 0 Å². The first-order chi connectivity index (χ1) is 9.08. The third-order valence-corrected chi connectivity index (χ3v) is 3.41. The summed E-state index contributed by atoms with van der Waals surface area (Å²) in [4.78, 5) is 15.3. The van der Waals surface area contributed by atoms with Crippen molar-refractivity contribution < 1.29 is 4.79 Å². The summed E-state index contributed by atoms with van der Waals surface area (Å²) in [6, 6.07) is 8.12. The normalized spacial score (nSPS) is 11.2. The van der Waals surface area contributed by atoms with E-state index in [9.17, 15) is 4.79 Å². The van der Waals surface area contributed by atoms with E-state index in [1.807, 2.05) is 25.1 Å². The van der Waals surface area contributed by atoms with Crippen molar-refractivity contribution in [1.82, 2.24) is 10.3 Å². The third-order valence-electron chi connectivity index (χ3n) is 3.41. The van der Waals surface area contributed by atoms with E-state index in [2.05, 4.69) is 30.2 Å². The molecule has 0 saturated heterocycles. The number of hydrogen-bond acceptors (Lipinski definition) is 1. The molecule has 3 nitrogen and oxygen atoms in total. The van der Waals surface area contributed by atoms with Crippen molar-refractivity contribution in [3.8, 4) is 0 Å². The number of rotatable bonds is 5. The highest BCUT2D eigenvalue weighted by Gasteiger charge is 2.11. The van der Waals surface area contributed by atoms with Gasteiger partial charge in [0, 0.05) is 23.1 Å². The predicted octanol–water partition coefficient (Wildman–Crippen LogP) is 3.18. The maximum Gasteiger partial charge on any atom is 0.224 e. The standard InChI is InChI=1S/C16H22N2O/c1-11(2)8-9-17-16(19)10-14-12(3)18-15-7-5-4-6-13(14)15/h4-7,11,18H,8-10H2,1-3H3,(H,17,19). The molecule has 1 aromatic carbocycles. The number of fused-ring (bicyclic) bond motifs is 1. The molecule has 1 aromatic heterocycles. The molecule has 0 aliphatic rings. The molecule has 19 heavy (non-hydrogen) atoms. The molecule has 2 aromatic rings. The summed E-state index contributed by atoms with van der Waals surface area (Å²) >= 11 is 0. The number of carbonyl (C=O) groups excluding carboxylic acids is 1. The van der Waals surface area contributed by atoms with Crippen molar-refractivity contribution >= 4 is 16.8 Å². The molecule has 102 valence electrons. The summed E-state index contributed by atoms with van der Waals surface area (Å²) < 4.78 is 0. The zero-order valence-corrected chi connectivity index (χ0v) is 11.9. The van der Waals surface area contributed by atoms with Gasteiger partial charge in [-0.05, 0) is 30.9 Å². The highest BCUT2D eigenvalue weighted by Crippen LogP contribution is 2.22. The molecule has 0 fully saturated rings. The van der Waals surface area contributed by atoms with Crippen molar-refractivity contribution in [1.29, 1.82) is 0 Å². The van der Waals surface area contributed by atoms with E-state index in [-0.39, 0.29) is 5.91 Å². The van der Waals surface area contributed by atoms with Crippen molar-refractivity contribution in [2.24, 2.45) is 5.92 Å². The van der Waals surface area contributed by atoms with E-state index < -0.39 is 0 Å². The minimum atomic E-state index is 0.105. The SMILES string of the molecule is Cc1[nH]c2ccccc2c1CC(=O)NCCC(C)C. The molecule has 0 atom stereocenters. The lowest BCUT2D eigenvalue weighted by Crippen LogP contribution is -2.27. The van der Waals surface area contributed by atoms with Crippen LogP contribution in [0.5, 0.6) is 0 Å². The summed E-state index contributed by atoms with van der Waals surface area (Å²) in [5.74, 6) is 0.726. The highest BCUT2D eigenvalue weighted by atomic mass is 16.1. The maximum atomic E-state index is 12.0. The fourth-order valence-electron chi connectivity index (χ4n) is 2.29. The molecule has 0 radical (unpaired) electrons. The van der Waals surface area contributed by atoms with Gasteiger partial charge in [0.15, 0.2) is 0 Å². The first-order valence-electron chi connectivity index (χ1n) is 6.91. The average Bonchev–Trinajstić information content (AvgIpc) is 2.66. The van der Waals surface area contributed by atoms with Crippen LogP contribution in [0.4, 0.5) is 0 Å². The van der Waals surface area contributed by atoms with Crippen LogP contribution in [-0.2, 0) is 11.2 Å². The number of H-pyrrole nitrogens is 1. The van der Waals surface area contributed by atoms with E-state index in [0.717, 1.165) is 35.1 Å². The quantitative estimate of drug-likeness (QED) is 0.850. The molecule has 0 bridgehead atoms. The van der Waals surface area contributed by atoms with Gasteiger partial charge in [-0.25, -0.2) is 0 Å². The minimum absolute atomic E-state index is 0.105. The van der Waals surface area contributed by atoms with Crippen LogP contribution in [0.3, 0.4) is 0 Å². The Morgan fingerprint density at radius 1 is 1.32 bits per heavy atom. The van der Waals surface area contributed by atoms with Crippen LogP contribution in [0.1, 0.15) is 31.5 Å². The van der Waals surface area contributed by atoms with Gasteiger partial charge in [0.2, 0.25) is 5.91 Å². The molecule has 3 heteroatoms. The Morgan fingerprint density at radius 2 is 2.05 bits per heavy atom. The second-order valence-corrected chi connectivity index (χ2v) is 5.48. The summed E-state index contributed by atoms with van der Waals surface area (Å²) in [6.45, 7) is 7.11. The summed E-state index contributed by atoms with van der Waals surface area (Å²) in [7, 11) is 0.